The number of aryl methyl sites for hydroxylation is 1. The normalized spacial score (nSPS) is 10.0. The molecule has 0 atom stereocenters. The van der Waals surface area contributed by atoms with E-state index in [1.54, 1.807) is 0 Å². The average molecular weight is 298 g/mol. The molecule has 2 amide bonds. The molecule has 0 aliphatic carbocycles. The molecule has 0 unspecified atom stereocenters. The number of ether oxygens (including phenoxy) is 1. The van der Waals surface area contributed by atoms with Crippen molar-refractivity contribution in [2.75, 3.05) is 13.2 Å². The number of hydrogen-bond acceptors (Lipinski definition) is 2. The molecule has 0 heterocycles. The zero-order valence-corrected chi connectivity index (χ0v) is 12.8. The molecule has 2 aromatic carbocycles. The lowest BCUT2D eigenvalue weighted by atomic mass is 10.1. The lowest BCUT2D eigenvalue weighted by Crippen LogP contribution is -2.36. The van der Waals surface area contributed by atoms with Gasteiger partial charge in [0, 0.05) is 13.1 Å². The number of para-hydroxylation sites is 1. The predicted molar refractivity (Wildman–Crippen MR) is 88.0 cm³/mol. The zero-order valence-electron chi connectivity index (χ0n) is 12.8. The summed E-state index contributed by atoms with van der Waals surface area (Å²) in [4.78, 5) is 11.7. The summed E-state index contributed by atoms with van der Waals surface area (Å²) in [6, 6.07) is 17.6. The molecule has 0 saturated carbocycles. The van der Waals surface area contributed by atoms with Crippen LogP contribution < -0.4 is 15.4 Å². The Morgan fingerprint density at radius 1 is 1.05 bits per heavy atom. The summed E-state index contributed by atoms with van der Waals surface area (Å²) in [5.41, 5.74) is 2.29. The number of nitrogens with one attached hydrogen (secondary N) is 2. The van der Waals surface area contributed by atoms with Gasteiger partial charge in [0.1, 0.15) is 5.75 Å². The van der Waals surface area contributed by atoms with Crippen LogP contribution in [0.25, 0.3) is 0 Å². The summed E-state index contributed by atoms with van der Waals surface area (Å²) in [5, 5.41) is 5.67. The highest BCUT2D eigenvalue weighted by Crippen LogP contribution is 2.08. The Morgan fingerprint density at radius 3 is 2.64 bits per heavy atom. The molecule has 22 heavy (non-hydrogen) atoms. The van der Waals surface area contributed by atoms with Crippen molar-refractivity contribution in [2.24, 2.45) is 0 Å². The second kappa shape index (κ2) is 8.72. The molecule has 0 radical (unpaired) electrons. The maximum Gasteiger partial charge on any atom is 0.315 e. The summed E-state index contributed by atoms with van der Waals surface area (Å²) < 4.78 is 5.56. The van der Waals surface area contributed by atoms with E-state index in [2.05, 4.69) is 16.7 Å². The van der Waals surface area contributed by atoms with E-state index in [-0.39, 0.29) is 6.03 Å². The molecule has 0 saturated heterocycles. The van der Waals surface area contributed by atoms with E-state index in [9.17, 15) is 4.79 Å². The Bertz CT molecular complexity index is 585. The van der Waals surface area contributed by atoms with E-state index < -0.39 is 0 Å². The Balaban J connectivity index is 1.56. The summed E-state index contributed by atoms with van der Waals surface area (Å²) >= 11 is 0. The molecule has 0 bridgehead atoms. The van der Waals surface area contributed by atoms with Gasteiger partial charge >= 0.3 is 6.03 Å². The molecule has 0 aliphatic rings. The van der Waals surface area contributed by atoms with E-state index in [0.717, 1.165) is 17.7 Å². The molecule has 2 rings (SSSR count). The monoisotopic (exact) mass is 298 g/mol. The van der Waals surface area contributed by atoms with Crippen molar-refractivity contribution in [1.29, 1.82) is 0 Å². The minimum Gasteiger partial charge on any atom is -0.494 e. The van der Waals surface area contributed by atoms with E-state index >= 15 is 0 Å². The molecule has 2 N–H and O–H groups in total. The van der Waals surface area contributed by atoms with Gasteiger partial charge < -0.3 is 15.4 Å². The fraction of sp³-hybridized carbons (Fsp3) is 0.278. The van der Waals surface area contributed by atoms with Crippen LogP contribution in [0.15, 0.2) is 54.6 Å². The van der Waals surface area contributed by atoms with Gasteiger partial charge in [-0.25, -0.2) is 4.79 Å². The van der Waals surface area contributed by atoms with Crippen LogP contribution in [0.2, 0.25) is 0 Å². The topological polar surface area (TPSA) is 50.4 Å². The third kappa shape index (κ3) is 5.87. The molecule has 0 fully saturated rings. The second-order valence-electron chi connectivity index (χ2n) is 5.11. The van der Waals surface area contributed by atoms with Crippen LogP contribution in [0.5, 0.6) is 5.75 Å². The van der Waals surface area contributed by atoms with Crippen molar-refractivity contribution in [2.45, 2.75) is 19.9 Å². The standard InChI is InChI=1S/C18H22N2O2/c1-15-7-5-8-16(13-15)14-20-18(21)19-11-6-12-22-17-9-3-2-4-10-17/h2-5,7-10,13H,6,11-12,14H2,1H3,(H2,19,20,21). The van der Waals surface area contributed by atoms with Crippen molar-refractivity contribution >= 4 is 6.03 Å². The molecule has 116 valence electrons. The third-order valence-corrected chi connectivity index (χ3v) is 3.15. The van der Waals surface area contributed by atoms with E-state index in [1.807, 2.05) is 55.5 Å². The first-order chi connectivity index (χ1) is 10.7. The van der Waals surface area contributed by atoms with E-state index in [1.165, 1.54) is 5.56 Å². The highest BCUT2D eigenvalue weighted by atomic mass is 16.5. The molecule has 2 aromatic rings. The van der Waals surface area contributed by atoms with Crippen LogP contribution in [-0.2, 0) is 6.54 Å². The first kappa shape index (κ1) is 15.9. The first-order valence-electron chi connectivity index (χ1n) is 7.49. The summed E-state index contributed by atoms with van der Waals surface area (Å²) in [5.74, 6) is 0.853. The van der Waals surface area contributed by atoms with Crippen LogP contribution in [0.1, 0.15) is 17.5 Å². The van der Waals surface area contributed by atoms with Crippen LogP contribution >= 0.6 is 0 Å². The number of urea groups is 1. The molecular formula is C18H22N2O2. The number of benzene rings is 2. The fourth-order valence-electron chi connectivity index (χ4n) is 2.05. The predicted octanol–water partition coefficient (Wildman–Crippen LogP) is 3.26. The number of rotatable bonds is 7. The van der Waals surface area contributed by atoms with Gasteiger partial charge in [-0.1, -0.05) is 48.0 Å². The molecule has 0 aromatic heterocycles. The summed E-state index contributed by atoms with van der Waals surface area (Å²) in [6.45, 7) is 3.75. The number of hydrogen-bond donors (Lipinski definition) is 2. The van der Waals surface area contributed by atoms with Crippen LogP contribution in [0, 0.1) is 6.92 Å². The number of carbonyl (C=O) groups is 1. The van der Waals surface area contributed by atoms with Crippen molar-refractivity contribution < 1.29 is 9.53 Å². The van der Waals surface area contributed by atoms with Gasteiger partial charge in [-0.3, -0.25) is 0 Å². The van der Waals surface area contributed by atoms with Crippen molar-refractivity contribution in [1.82, 2.24) is 10.6 Å². The SMILES string of the molecule is Cc1cccc(CNC(=O)NCCCOc2ccccc2)c1. The molecule has 4 heteroatoms. The van der Waals surface area contributed by atoms with Gasteiger partial charge in [-0.05, 0) is 31.0 Å². The second-order valence-corrected chi connectivity index (χ2v) is 5.11. The molecular weight excluding hydrogens is 276 g/mol. The largest absolute Gasteiger partial charge is 0.494 e. The van der Waals surface area contributed by atoms with Gasteiger partial charge in [0.2, 0.25) is 0 Å². The average Bonchev–Trinajstić information content (AvgIpc) is 2.54. The van der Waals surface area contributed by atoms with Gasteiger partial charge in [0.05, 0.1) is 6.61 Å². The highest BCUT2D eigenvalue weighted by molar-refractivity contribution is 5.73. The first-order valence-corrected chi connectivity index (χ1v) is 7.49. The maximum absolute atomic E-state index is 11.7. The minimum atomic E-state index is -0.152. The lowest BCUT2D eigenvalue weighted by molar-refractivity contribution is 0.238. The van der Waals surface area contributed by atoms with Crippen LogP contribution in [-0.4, -0.2) is 19.2 Å². The summed E-state index contributed by atoms with van der Waals surface area (Å²) in [7, 11) is 0. The Kier molecular flexibility index (Phi) is 6.30. The van der Waals surface area contributed by atoms with Gasteiger partial charge in [0.25, 0.3) is 0 Å². The van der Waals surface area contributed by atoms with Crippen LogP contribution in [0.4, 0.5) is 4.79 Å². The molecule has 0 spiro atoms. The van der Waals surface area contributed by atoms with Gasteiger partial charge in [0.15, 0.2) is 0 Å². The van der Waals surface area contributed by atoms with Crippen molar-refractivity contribution in [3.8, 4) is 5.75 Å². The quantitative estimate of drug-likeness (QED) is 0.771. The highest BCUT2D eigenvalue weighted by Gasteiger charge is 2.00. The molecule has 4 nitrogen and oxygen atoms in total. The maximum atomic E-state index is 11.7. The minimum absolute atomic E-state index is 0.152. The summed E-state index contributed by atoms with van der Waals surface area (Å²) in [6.07, 6.45) is 0.771. The Hall–Kier alpha value is -2.49. The fourth-order valence-corrected chi connectivity index (χ4v) is 2.05. The Labute approximate surface area is 131 Å². The van der Waals surface area contributed by atoms with Crippen molar-refractivity contribution in [3.05, 3.63) is 65.7 Å². The Morgan fingerprint density at radius 2 is 1.86 bits per heavy atom. The van der Waals surface area contributed by atoms with Crippen molar-refractivity contribution in [3.63, 3.8) is 0 Å². The number of amides is 2. The zero-order chi connectivity index (χ0) is 15.6. The van der Waals surface area contributed by atoms with Gasteiger partial charge in [-0.15, -0.1) is 0 Å². The van der Waals surface area contributed by atoms with Crippen LogP contribution in [0.3, 0.4) is 0 Å². The lowest BCUT2D eigenvalue weighted by Gasteiger charge is -2.09. The van der Waals surface area contributed by atoms with Gasteiger partial charge in [-0.2, -0.15) is 0 Å². The third-order valence-electron chi connectivity index (χ3n) is 3.15. The number of carbonyl (C=O) groups excluding carboxylic acids is 1. The van der Waals surface area contributed by atoms with E-state index in [0.29, 0.717) is 19.7 Å². The van der Waals surface area contributed by atoms with E-state index in [4.69, 9.17) is 4.74 Å². The smallest absolute Gasteiger partial charge is 0.315 e. The molecule has 0 aliphatic heterocycles.